The molecule has 0 aliphatic heterocycles. The zero-order valence-corrected chi connectivity index (χ0v) is 8.78. The lowest BCUT2D eigenvalue weighted by atomic mass is 10.4. The van der Waals surface area contributed by atoms with Crippen LogP contribution >= 0.6 is 11.6 Å². The molecule has 0 unspecified atom stereocenters. The number of hydrogen-bond donors (Lipinski definition) is 0. The van der Waals surface area contributed by atoms with Crippen molar-refractivity contribution in [3.05, 3.63) is 11.6 Å². The van der Waals surface area contributed by atoms with E-state index < -0.39 is 0 Å². The number of aryl methyl sites for hydroxylation is 1. The maximum Gasteiger partial charge on any atom is 0.224 e. The van der Waals surface area contributed by atoms with Crippen molar-refractivity contribution in [3.63, 3.8) is 0 Å². The fourth-order valence-corrected chi connectivity index (χ4v) is 1.43. The normalized spacial score (nSPS) is 16.1. The van der Waals surface area contributed by atoms with Gasteiger partial charge < -0.3 is 9.30 Å². The van der Waals surface area contributed by atoms with Crippen molar-refractivity contribution in [3.8, 4) is 0 Å². The van der Waals surface area contributed by atoms with Crippen LogP contribution in [0.2, 0.25) is 5.28 Å². The van der Waals surface area contributed by atoms with Crippen LogP contribution in [0.3, 0.4) is 0 Å². The molecule has 1 aliphatic rings. The minimum atomic E-state index is 0.451. The number of aromatic nitrogens is 3. The molecule has 1 heterocycles. The van der Waals surface area contributed by atoms with E-state index in [4.69, 9.17) is 16.3 Å². The molecule has 0 spiro atoms. The first-order valence-corrected chi connectivity index (χ1v) is 5.35. The maximum atomic E-state index is 5.76. The number of halogens is 1. The summed E-state index contributed by atoms with van der Waals surface area (Å²) in [6.45, 7) is 2.55. The second kappa shape index (κ2) is 4.75. The Balaban J connectivity index is 1.56. The first-order chi connectivity index (χ1) is 6.86. The van der Waals surface area contributed by atoms with Gasteiger partial charge in [-0.3, -0.25) is 0 Å². The van der Waals surface area contributed by atoms with Gasteiger partial charge in [-0.05, 0) is 36.8 Å². The topological polar surface area (TPSA) is 39.9 Å². The van der Waals surface area contributed by atoms with E-state index in [1.54, 1.807) is 6.33 Å². The molecule has 4 nitrogen and oxygen atoms in total. The molecule has 1 aromatic rings. The third-order valence-electron chi connectivity index (χ3n) is 2.31. The molecule has 78 valence electrons. The maximum absolute atomic E-state index is 5.76. The van der Waals surface area contributed by atoms with Crippen LogP contribution in [0.4, 0.5) is 0 Å². The van der Waals surface area contributed by atoms with Crippen LogP contribution in [0, 0.1) is 5.92 Å². The molecule has 1 saturated carbocycles. The zero-order chi connectivity index (χ0) is 9.80. The smallest absolute Gasteiger partial charge is 0.224 e. The monoisotopic (exact) mass is 215 g/mol. The lowest BCUT2D eigenvalue weighted by Gasteiger charge is -2.03. The number of ether oxygens (including phenoxy) is 1. The van der Waals surface area contributed by atoms with E-state index in [0.717, 1.165) is 32.1 Å². The average molecular weight is 216 g/mol. The Labute approximate surface area is 88.2 Å². The molecule has 1 aliphatic carbocycles. The van der Waals surface area contributed by atoms with Gasteiger partial charge in [-0.15, -0.1) is 10.2 Å². The number of nitrogens with zero attached hydrogens (tertiary/aromatic N) is 3. The lowest BCUT2D eigenvalue weighted by molar-refractivity contribution is 0.119. The lowest BCUT2D eigenvalue weighted by Crippen LogP contribution is -2.03. The third-order valence-corrected chi connectivity index (χ3v) is 2.60. The third kappa shape index (κ3) is 2.96. The Kier molecular flexibility index (Phi) is 3.37. The molecular weight excluding hydrogens is 202 g/mol. The van der Waals surface area contributed by atoms with Crippen LogP contribution in [0.15, 0.2) is 6.33 Å². The molecule has 1 aromatic heterocycles. The van der Waals surface area contributed by atoms with Gasteiger partial charge in [0.2, 0.25) is 5.28 Å². The molecule has 0 aromatic carbocycles. The summed E-state index contributed by atoms with van der Waals surface area (Å²) in [5.41, 5.74) is 0. The molecule has 1 fully saturated rings. The summed E-state index contributed by atoms with van der Waals surface area (Å²) in [4.78, 5) is 0. The molecule has 0 radical (unpaired) electrons. The highest BCUT2D eigenvalue weighted by atomic mass is 35.5. The van der Waals surface area contributed by atoms with Crippen LogP contribution in [-0.4, -0.2) is 28.0 Å². The van der Waals surface area contributed by atoms with Gasteiger partial charge in [0.15, 0.2) is 0 Å². The minimum Gasteiger partial charge on any atom is -0.381 e. The summed E-state index contributed by atoms with van der Waals surface area (Å²) in [7, 11) is 0. The Morgan fingerprint density at radius 1 is 1.57 bits per heavy atom. The second-order valence-corrected chi connectivity index (χ2v) is 4.00. The minimum absolute atomic E-state index is 0.451. The number of hydrogen-bond acceptors (Lipinski definition) is 3. The first kappa shape index (κ1) is 9.93. The van der Waals surface area contributed by atoms with Gasteiger partial charge in [0.1, 0.15) is 6.33 Å². The van der Waals surface area contributed by atoms with E-state index in [1.165, 1.54) is 12.8 Å². The highest BCUT2D eigenvalue weighted by Gasteiger charge is 2.20. The van der Waals surface area contributed by atoms with Crippen LogP contribution < -0.4 is 0 Å². The van der Waals surface area contributed by atoms with Gasteiger partial charge in [-0.25, -0.2) is 0 Å². The van der Waals surface area contributed by atoms with Crippen LogP contribution in [0.1, 0.15) is 19.3 Å². The van der Waals surface area contributed by atoms with E-state index in [1.807, 2.05) is 4.57 Å². The summed E-state index contributed by atoms with van der Waals surface area (Å²) >= 11 is 5.76. The van der Waals surface area contributed by atoms with Crippen molar-refractivity contribution >= 4 is 11.6 Å². The highest BCUT2D eigenvalue weighted by Crippen LogP contribution is 2.28. The van der Waals surface area contributed by atoms with Gasteiger partial charge in [0, 0.05) is 19.8 Å². The molecule has 0 saturated heterocycles. The quantitative estimate of drug-likeness (QED) is 0.679. The fourth-order valence-electron chi connectivity index (χ4n) is 1.26. The van der Waals surface area contributed by atoms with Gasteiger partial charge >= 0.3 is 0 Å². The van der Waals surface area contributed by atoms with Crippen LogP contribution in [-0.2, 0) is 11.3 Å². The van der Waals surface area contributed by atoms with E-state index in [-0.39, 0.29) is 0 Å². The summed E-state index contributed by atoms with van der Waals surface area (Å²) in [6, 6.07) is 0. The second-order valence-electron chi connectivity index (χ2n) is 3.67. The predicted molar refractivity (Wildman–Crippen MR) is 53.2 cm³/mol. The van der Waals surface area contributed by atoms with E-state index >= 15 is 0 Å². The van der Waals surface area contributed by atoms with Crippen LogP contribution in [0.5, 0.6) is 0 Å². The molecule has 14 heavy (non-hydrogen) atoms. The van der Waals surface area contributed by atoms with Crippen molar-refractivity contribution in [1.82, 2.24) is 14.8 Å². The highest BCUT2D eigenvalue weighted by molar-refractivity contribution is 6.28. The molecule has 5 heteroatoms. The Bertz CT molecular complexity index is 285. The number of rotatable bonds is 6. The Morgan fingerprint density at radius 3 is 3.07 bits per heavy atom. The summed E-state index contributed by atoms with van der Waals surface area (Å²) < 4.78 is 7.32. The van der Waals surface area contributed by atoms with Crippen molar-refractivity contribution in [2.75, 3.05) is 13.2 Å². The van der Waals surface area contributed by atoms with Gasteiger partial charge in [-0.2, -0.15) is 0 Å². The van der Waals surface area contributed by atoms with Crippen molar-refractivity contribution in [2.45, 2.75) is 25.8 Å². The van der Waals surface area contributed by atoms with Crippen LogP contribution in [0.25, 0.3) is 0 Å². The molecule has 0 amide bonds. The van der Waals surface area contributed by atoms with E-state index in [9.17, 15) is 0 Å². The van der Waals surface area contributed by atoms with Gasteiger partial charge in [-0.1, -0.05) is 0 Å². The van der Waals surface area contributed by atoms with E-state index in [2.05, 4.69) is 10.2 Å². The largest absolute Gasteiger partial charge is 0.381 e. The van der Waals surface area contributed by atoms with E-state index in [0.29, 0.717) is 5.28 Å². The molecule has 2 rings (SSSR count). The summed E-state index contributed by atoms with van der Waals surface area (Å²) in [6.07, 6.45) is 5.29. The molecule has 0 N–H and O–H groups in total. The van der Waals surface area contributed by atoms with Gasteiger partial charge in [0.25, 0.3) is 0 Å². The van der Waals surface area contributed by atoms with Crippen molar-refractivity contribution in [1.29, 1.82) is 0 Å². The van der Waals surface area contributed by atoms with Crippen molar-refractivity contribution < 1.29 is 4.74 Å². The zero-order valence-electron chi connectivity index (χ0n) is 8.03. The summed E-state index contributed by atoms with van der Waals surface area (Å²) in [5, 5.41) is 7.84. The average Bonchev–Trinajstić information content (AvgIpc) is 2.91. The Hall–Kier alpha value is -0.610. The Morgan fingerprint density at radius 2 is 2.43 bits per heavy atom. The fraction of sp³-hybridized carbons (Fsp3) is 0.778. The van der Waals surface area contributed by atoms with Crippen molar-refractivity contribution in [2.24, 2.45) is 5.92 Å². The molecular formula is C9H14ClN3O. The SMILES string of the molecule is Clc1nncn1CCCOCC1CC1. The summed E-state index contributed by atoms with van der Waals surface area (Å²) in [5.74, 6) is 0.841. The molecule has 0 bridgehead atoms. The predicted octanol–water partition coefficient (Wildman–Crippen LogP) is 1.75. The van der Waals surface area contributed by atoms with Gasteiger partial charge in [0.05, 0.1) is 0 Å². The standard InChI is InChI=1S/C9H14ClN3O/c10-9-12-11-7-13(9)4-1-5-14-6-8-2-3-8/h7-8H,1-6H2. The first-order valence-electron chi connectivity index (χ1n) is 4.97. The molecule has 0 atom stereocenters.